The van der Waals surface area contributed by atoms with Gasteiger partial charge in [-0.2, -0.15) is 0 Å². The minimum atomic E-state index is -0.456. The van der Waals surface area contributed by atoms with Gasteiger partial charge in [0.15, 0.2) is 0 Å². The van der Waals surface area contributed by atoms with E-state index >= 15 is 0 Å². The Hall–Kier alpha value is -1.95. The molecule has 0 aromatic heterocycles. The summed E-state index contributed by atoms with van der Waals surface area (Å²) in [5.41, 5.74) is 6.14. The number of halogens is 1. The molecule has 26 heavy (non-hydrogen) atoms. The molecule has 2 heterocycles. The Kier molecular flexibility index (Phi) is 4.47. The van der Waals surface area contributed by atoms with Gasteiger partial charge in [-0.05, 0) is 49.3 Å². The molecule has 0 spiro atoms. The summed E-state index contributed by atoms with van der Waals surface area (Å²) in [5, 5.41) is 0. The van der Waals surface area contributed by atoms with E-state index in [0.29, 0.717) is 38.5 Å². The van der Waals surface area contributed by atoms with Crippen LogP contribution in [0, 0.1) is 11.7 Å². The molecule has 2 atom stereocenters. The number of rotatable bonds is 4. The first-order valence-electron chi connectivity index (χ1n) is 9.60. The number of piperidine rings is 2. The van der Waals surface area contributed by atoms with E-state index in [1.807, 2.05) is 9.80 Å². The van der Waals surface area contributed by atoms with Crippen molar-refractivity contribution in [2.24, 2.45) is 11.7 Å². The van der Waals surface area contributed by atoms with E-state index in [2.05, 4.69) is 0 Å². The van der Waals surface area contributed by atoms with Crippen molar-refractivity contribution in [1.82, 2.24) is 9.80 Å². The molecular weight excluding hydrogens is 333 g/mol. The molecule has 1 aliphatic carbocycles. The Morgan fingerprint density at radius 2 is 1.96 bits per heavy atom. The number of benzene rings is 1. The highest BCUT2D eigenvalue weighted by Gasteiger charge is 2.54. The third kappa shape index (κ3) is 2.90. The molecule has 3 aliphatic rings. The molecule has 0 bridgehead atoms. The third-order valence-corrected chi connectivity index (χ3v) is 6.36. The van der Waals surface area contributed by atoms with Crippen molar-refractivity contribution >= 4 is 11.8 Å². The second-order valence-corrected chi connectivity index (χ2v) is 7.87. The van der Waals surface area contributed by atoms with E-state index in [-0.39, 0.29) is 23.7 Å². The van der Waals surface area contributed by atoms with Gasteiger partial charge in [0.25, 0.3) is 0 Å². The number of nitrogens with two attached hydrogens (primary N) is 1. The Bertz CT molecular complexity index is 702. The summed E-state index contributed by atoms with van der Waals surface area (Å²) in [7, 11) is 0. The van der Waals surface area contributed by atoms with Crippen LogP contribution in [0.25, 0.3) is 0 Å². The fourth-order valence-corrected chi connectivity index (χ4v) is 4.79. The fourth-order valence-electron chi connectivity index (χ4n) is 4.79. The lowest BCUT2D eigenvalue weighted by Gasteiger charge is -2.47. The number of hydrogen-bond acceptors (Lipinski definition) is 3. The van der Waals surface area contributed by atoms with E-state index in [0.717, 1.165) is 31.2 Å². The summed E-state index contributed by atoms with van der Waals surface area (Å²) in [6.45, 7) is 2.47. The Labute approximate surface area is 153 Å². The molecule has 2 amide bonds. The van der Waals surface area contributed by atoms with Crippen LogP contribution < -0.4 is 5.73 Å². The highest BCUT2D eigenvalue weighted by atomic mass is 19.1. The quantitative estimate of drug-likeness (QED) is 0.889. The second kappa shape index (κ2) is 6.65. The largest absolute Gasteiger partial charge is 0.341 e. The Balaban J connectivity index is 1.48. The van der Waals surface area contributed by atoms with Gasteiger partial charge in [-0.25, -0.2) is 4.39 Å². The van der Waals surface area contributed by atoms with Crippen LogP contribution in [0.2, 0.25) is 0 Å². The number of likely N-dealkylation sites (tertiary alicyclic amines) is 2. The molecule has 0 radical (unpaired) electrons. The summed E-state index contributed by atoms with van der Waals surface area (Å²) in [5.74, 6) is 0.428. The van der Waals surface area contributed by atoms with Crippen molar-refractivity contribution in [2.75, 3.05) is 26.2 Å². The van der Waals surface area contributed by atoms with Crippen LogP contribution in [0.1, 0.15) is 37.7 Å². The predicted molar refractivity (Wildman–Crippen MR) is 95.8 cm³/mol. The molecule has 2 aliphatic heterocycles. The molecule has 1 saturated carbocycles. The summed E-state index contributed by atoms with van der Waals surface area (Å²) >= 11 is 0. The average Bonchev–Trinajstić information content (AvgIpc) is 3.45. The second-order valence-electron chi connectivity index (χ2n) is 7.87. The van der Waals surface area contributed by atoms with Gasteiger partial charge in [-0.15, -0.1) is 0 Å². The minimum Gasteiger partial charge on any atom is -0.341 e. The van der Waals surface area contributed by atoms with Gasteiger partial charge < -0.3 is 15.5 Å². The first-order valence-corrected chi connectivity index (χ1v) is 9.60. The molecule has 6 heteroatoms. The predicted octanol–water partition coefficient (Wildman–Crippen LogP) is 1.66. The average molecular weight is 359 g/mol. The van der Waals surface area contributed by atoms with Crippen molar-refractivity contribution in [1.29, 1.82) is 0 Å². The summed E-state index contributed by atoms with van der Waals surface area (Å²) in [6.07, 6.45) is 3.88. The summed E-state index contributed by atoms with van der Waals surface area (Å²) in [4.78, 5) is 29.4. The maximum Gasteiger partial charge on any atom is 0.233 e. The first-order chi connectivity index (χ1) is 12.5. The standard InChI is InChI=1S/C20H26FN3O2/c21-16-4-2-15(3-5-16)20(8-9-20)19(26)23-11-7-17-14(13-23)1-6-18(25)24(17)12-10-22/h2-5,14,17H,1,6-13,22H2/t14-,17+/m0/s1. The van der Waals surface area contributed by atoms with Crippen LogP contribution in [-0.2, 0) is 15.0 Å². The maximum atomic E-state index is 13.2. The third-order valence-electron chi connectivity index (χ3n) is 6.36. The van der Waals surface area contributed by atoms with Gasteiger partial charge in [0.1, 0.15) is 5.82 Å². The Morgan fingerprint density at radius 1 is 1.23 bits per heavy atom. The molecule has 0 unspecified atom stereocenters. The highest BCUT2D eigenvalue weighted by Crippen LogP contribution is 2.50. The molecular formula is C20H26FN3O2. The fraction of sp³-hybridized carbons (Fsp3) is 0.600. The zero-order valence-corrected chi connectivity index (χ0v) is 15.0. The van der Waals surface area contributed by atoms with Crippen LogP contribution in [0.5, 0.6) is 0 Å². The zero-order valence-electron chi connectivity index (χ0n) is 15.0. The molecule has 2 saturated heterocycles. The topological polar surface area (TPSA) is 66.6 Å². The molecule has 2 N–H and O–H groups in total. The number of fused-ring (bicyclic) bond motifs is 1. The summed E-state index contributed by atoms with van der Waals surface area (Å²) in [6, 6.07) is 6.58. The van der Waals surface area contributed by atoms with Gasteiger partial charge >= 0.3 is 0 Å². The van der Waals surface area contributed by atoms with Crippen LogP contribution in [0.4, 0.5) is 4.39 Å². The lowest BCUT2D eigenvalue weighted by molar-refractivity contribution is -0.145. The van der Waals surface area contributed by atoms with Gasteiger partial charge in [0.05, 0.1) is 5.41 Å². The van der Waals surface area contributed by atoms with Crippen molar-refractivity contribution in [3.05, 3.63) is 35.6 Å². The number of carbonyl (C=O) groups is 2. The minimum absolute atomic E-state index is 0.171. The monoisotopic (exact) mass is 359 g/mol. The van der Waals surface area contributed by atoms with Crippen LogP contribution in [0.3, 0.4) is 0 Å². The SMILES string of the molecule is NCCN1C(=O)CC[C@H]2CN(C(=O)C3(c4ccc(F)cc4)CC3)CC[C@H]21. The van der Waals surface area contributed by atoms with Gasteiger partial charge in [-0.1, -0.05) is 12.1 Å². The van der Waals surface area contributed by atoms with E-state index in [1.54, 1.807) is 12.1 Å². The van der Waals surface area contributed by atoms with E-state index in [9.17, 15) is 14.0 Å². The van der Waals surface area contributed by atoms with Crippen molar-refractivity contribution < 1.29 is 14.0 Å². The Morgan fingerprint density at radius 3 is 2.62 bits per heavy atom. The molecule has 1 aromatic carbocycles. The number of nitrogens with zero attached hydrogens (tertiary/aromatic N) is 2. The van der Waals surface area contributed by atoms with Crippen molar-refractivity contribution in [2.45, 2.75) is 43.6 Å². The molecule has 3 fully saturated rings. The van der Waals surface area contributed by atoms with Gasteiger partial charge in [0, 0.05) is 38.6 Å². The van der Waals surface area contributed by atoms with E-state index in [4.69, 9.17) is 5.73 Å². The zero-order chi connectivity index (χ0) is 18.3. The lowest BCUT2D eigenvalue weighted by Crippen LogP contribution is -2.58. The molecule has 1 aromatic rings. The molecule has 140 valence electrons. The van der Waals surface area contributed by atoms with Crippen molar-refractivity contribution in [3.63, 3.8) is 0 Å². The number of amides is 2. The van der Waals surface area contributed by atoms with Crippen LogP contribution in [-0.4, -0.2) is 53.8 Å². The van der Waals surface area contributed by atoms with Crippen LogP contribution in [0.15, 0.2) is 24.3 Å². The molecule has 5 nitrogen and oxygen atoms in total. The lowest BCUT2D eigenvalue weighted by atomic mass is 9.82. The highest BCUT2D eigenvalue weighted by molar-refractivity contribution is 5.91. The van der Waals surface area contributed by atoms with Gasteiger partial charge in [0.2, 0.25) is 11.8 Å². The maximum absolute atomic E-state index is 13.2. The number of hydrogen-bond donors (Lipinski definition) is 1. The summed E-state index contributed by atoms with van der Waals surface area (Å²) < 4.78 is 13.2. The molecule has 4 rings (SSSR count). The number of carbonyl (C=O) groups excluding carboxylic acids is 2. The van der Waals surface area contributed by atoms with Gasteiger partial charge in [-0.3, -0.25) is 9.59 Å². The van der Waals surface area contributed by atoms with E-state index < -0.39 is 5.41 Å². The normalized spacial score (nSPS) is 27.2. The van der Waals surface area contributed by atoms with E-state index in [1.165, 1.54) is 12.1 Å². The smallest absolute Gasteiger partial charge is 0.233 e. The van der Waals surface area contributed by atoms with Crippen LogP contribution >= 0.6 is 0 Å². The van der Waals surface area contributed by atoms with Crippen molar-refractivity contribution in [3.8, 4) is 0 Å². The first kappa shape index (κ1) is 17.5.